The van der Waals surface area contributed by atoms with E-state index in [1.165, 1.54) is 13.2 Å². The van der Waals surface area contributed by atoms with Crippen LogP contribution in [0.5, 0.6) is 5.75 Å². The highest BCUT2D eigenvalue weighted by Crippen LogP contribution is 2.23. The molecule has 0 radical (unpaired) electrons. The molecule has 2 N–H and O–H groups in total. The van der Waals surface area contributed by atoms with Gasteiger partial charge in [-0.05, 0) is 23.8 Å². The molecule has 5 heteroatoms. The van der Waals surface area contributed by atoms with Crippen molar-refractivity contribution < 1.29 is 9.13 Å². The molecule has 1 heterocycles. The van der Waals surface area contributed by atoms with E-state index in [4.69, 9.17) is 10.5 Å². The van der Waals surface area contributed by atoms with Gasteiger partial charge in [-0.3, -0.25) is 4.68 Å². The predicted molar refractivity (Wildman–Crippen MR) is 66.8 cm³/mol. The lowest BCUT2D eigenvalue weighted by Crippen LogP contribution is -2.14. The van der Waals surface area contributed by atoms with Gasteiger partial charge in [0.25, 0.3) is 0 Å². The van der Waals surface area contributed by atoms with Crippen LogP contribution >= 0.6 is 0 Å². The summed E-state index contributed by atoms with van der Waals surface area (Å²) in [5.41, 5.74) is 7.83. The van der Waals surface area contributed by atoms with Crippen molar-refractivity contribution in [1.29, 1.82) is 0 Å². The zero-order chi connectivity index (χ0) is 13.1. The van der Waals surface area contributed by atoms with E-state index >= 15 is 0 Å². The summed E-state index contributed by atoms with van der Waals surface area (Å²) in [5.74, 6) is -0.171. The molecule has 1 aromatic heterocycles. The molecular formula is C13H16FN3O. The van der Waals surface area contributed by atoms with Crippen LogP contribution in [0.25, 0.3) is 0 Å². The molecule has 1 aromatic carbocycles. The molecular weight excluding hydrogens is 233 g/mol. The first-order valence-corrected chi connectivity index (χ1v) is 5.67. The summed E-state index contributed by atoms with van der Waals surface area (Å²) in [7, 11) is 3.29. The highest BCUT2D eigenvalue weighted by molar-refractivity contribution is 5.32. The van der Waals surface area contributed by atoms with Crippen LogP contribution in [0, 0.1) is 5.82 Å². The zero-order valence-electron chi connectivity index (χ0n) is 10.4. The summed E-state index contributed by atoms with van der Waals surface area (Å²) in [6, 6.07) is 6.36. The Kier molecular flexibility index (Phi) is 3.62. The summed E-state index contributed by atoms with van der Waals surface area (Å²) in [4.78, 5) is 0. The first-order chi connectivity index (χ1) is 8.60. The highest BCUT2D eigenvalue weighted by atomic mass is 19.1. The molecule has 0 bridgehead atoms. The molecule has 0 fully saturated rings. The van der Waals surface area contributed by atoms with Crippen molar-refractivity contribution in [2.75, 3.05) is 7.11 Å². The number of methoxy groups -OCH3 is 1. The van der Waals surface area contributed by atoms with E-state index < -0.39 is 0 Å². The highest BCUT2D eigenvalue weighted by Gasteiger charge is 2.12. The molecule has 18 heavy (non-hydrogen) atoms. The van der Waals surface area contributed by atoms with Gasteiger partial charge in [0.1, 0.15) is 0 Å². The van der Waals surface area contributed by atoms with Crippen LogP contribution < -0.4 is 10.5 Å². The minimum atomic E-state index is -0.383. The van der Waals surface area contributed by atoms with Crippen LogP contribution in [0.15, 0.2) is 30.5 Å². The van der Waals surface area contributed by atoms with Crippen molar-refractivity contribution in [2.45, 2.75) is 12.5 Å². The van der Waals surface area contributed by atoms with Gasteiger partial charge in [-0.1, -0.05) is 6.07 Å². The van der Waals surface area contributed by atoms with E-state index in [9.17, 15) is 4.39 Å². The molecule has 0 spiro atoms. The Morgan fingerprint density at radius 2 is 2.22 bits per heavy atom. The Hall–Kier alpha value is -1.88. The normalized spacial score (nSPS) is 12.4. The number of aromatic nitrogens is 2. The number of ether oxygens (including phenoxy) is 1. The van der Waals surface area contributed by atoms with E-state index in [2.05, 4.69) is 5.10 Å². The van der Waals surface area contributed by atoms with Gasteiger partial charge in [0.05, 0.1) is 12.8 Å². The van der Waals surface area contributed by atoms with Crippen LogP contribution in [0.1, 0.15) is 17.3 Å². The third kappa shape index (κ3) is 2.68. The molecule has 96 valence electrons. The molecule has 2 aromatic rings. The maximum Gasteiger partial charge on any atom is 0.165 e. The Bertz CT molecular complexity index is 539. The van der Waals surface area contributed by atoms with Gasteiger partial charge in [0, 0.05) is 25.7 Å². The molecule has 0 amide bonds. The standard InChI is InChI=1S/C13H16FN3O/c1-17-6-5-10(16-17)8-12(15)9-3-4-11(14)13(7-9)18-2/h3-7,12H,8,15H2,1-2H3. The lowest BCUT2D eigenvalue weighted by Gasteiger charge is -2.12. The van der Waals surface area contributed by atoms with Gasteiger partial charge >= 0.3 is 0 Å². The Labute approximate surface area is 105 Å². The maximum absolute atomic E-state index is 13.3. The van der Waals surface area contributed by atoms with Gasteiger partial charge < -0.3 is 10.5 Å². The smallest absolute Gasteiger partial charge is 0.165 e. The number of halogens is 1. The van der Waals surface area contributed by atoms with Crippen molar-refractivity contribution in [3.63, 3.8) is 0 Å². The van der Waals surface area contributed by atoms with E-state index in [1.807, 2.05) is 19.3 Å². The number of nitrogens with zero attached hydrogens (tertiary/aromatic N) is 2. The second-order valence-corrected chi connectivity index (χ2v) is 4.19. The first kappa shape index (κ1) is 12.6. The van der Waals surface area contributed by atoms with E-state index in [1.54, 1.807) is 16.8 Å². The zero-order valence-corrected chi connectivity index (χ0v) is 10.4. The number of nitrogens with two attached hydrogens (primary N) is 1. The molecule has 0 saturated carbocycles. The second-order valence-electron chi connectivity index (χ2n) is 4.19. The quantitative estimate of drug-likeness (QED) is 0.899. The minimum absolute atomic E-state index is 0.212. The first-order valence-electron chi connectivity index (χ1n) is 5.67. The average molecular weight is 249 g/mol. The minimum Gasteiger partial charge on any atom is -0.494 e. The Morgan fingerprint density at radius 3 is 2.83 bits per heavy atom. The topological polar surface area (TPSA) is 53.1 Å². The van der Waals surface area contributed by atoms with Crippen LogP contribution in [-0.4, -0.2) is 16.9 Å². The maximum atomic E-state index is 13.3. The van der Waals surface area contributed by atoms with Crippen LogP contribution in [-0.2, 0) is 13.5 Å². The van der Waals surface area contributed by atoms with Crippen molar-refractivity contribution in [3.05, 3.63) is 47.5 Å². The molecule has 0 aliphatic carbocycles. The SMILES string of the molecule is COc1cc(C(N)Cc2ccn(C)n2)ccc1F. The molecule has 1 atom stereocenters. The van der Waals surface area contributed by atoms with Crippen LogP contribution in [0.2, 0.25) is 0 Å². The summed E-state index contributed by atoms with van der Waals surface area (Å²) in [5, 5.41) is 4.27. The molecule has 0 saturated heterocycles. The summed E-state index contributed by atoms with van der Waals surface area (Å²) in [6.45, 7) is 0. The third-order valence-corrected chi connectivity index (χ3v) is 2.80. The van der Waals surface area contributed by atoms with Crippen molar-refractivity contribution in [1.82, 2.24) is 9.78 Å². The van der Waals surface area contributed by atoms with Gasteiger partial charge in [-0.2, -0.15) is 5.10 Å². The molecule has 2 rings (SSSR count). The predicted octanol–water partition coefficient (Wildman–Crippen LogP) is 1.81. The van der Waals surface area contributed by atoms with Gasteiger partial charge in [-0.25, -0.2) is 4.39 Å². The number of hydrogen-bond acceptors (Lipinski definition) is 3. The second kappa shape index (κ2) is 5.18. The third-order valence-electron chi connectivity index (χ3n) is 2.80. The van der Waals surface area contributed by atoms with Gasteiger partial charge in [0.2, 0.25) is 0 Å². The number of benzene rings is 1. The molecule has 1 unspecified atom stereocenters. The van der Waals surface area contributed by atoms with Gasteiger partial charge in [0.15, 0.2) is 11.6 Å². The molecule has 4 nitrogen and oxygen atoms in total. The fraction of sp³-hybridized carbons (Fsp3) is 0.308. The van der Waals surface area contributed by atoms with E-state index in [0.29, 0.717) is 6.42 Å². The van der Waals surface area contributed by atoms with Crippen molar-refractivity contribution >= 4 is 0 Å². The van der Waals surface area contributed by atoms with Crippen LogP contribution in [0.4, 0.5) is 4.39 Å². The summed E-state index contributed by atoms with van der Waals surface area (Å²) in [6.07, 6.45) is 2.48. The summed E-state index contributed by atoms with van der Waals surface area (Å²) >= 11 is 0. The fourth-order valence-electron chi connectivity index (χ4n) is 1.82. The number of aryl methyl sites for hydroxylation is 1. The largest absolute Gasteiger partial charge is 0.494 e. The lowest BCUT2D eigenvalue weighted by atomic mass is 10.0. The number of hydrogen-bond donors (Lipinski definition) is 1. The Balaban J connectivity index is 2.15. The van der Waals surface area contributed by atoms with Gasteiger partial charge in [-0.15, -0.1) is 0 Å². The monoisotopic (exact) mass is 249 g/mol. The molecule has 0 aliphatic heterocycles. The lowest BCUT2D eigenvalue weighted by molar-refractivity contribution is 0.385. The average Bonchev–Trinajstić information content (AvgIpc) is 2.75. The van der Waals surface area contributed by atoms with Crippen molar-refractivity contribution in [2.24, 2.45) is 12.8 Å². The molecule has 0 aliphatic rings. The number of rotatable bonds is 4. The van der Waals surface area contributed by atoms with Crippen molar-refractivity contribution in [3.8, 4) is 5.75 Å². The van der Waals surface area contributed by atoms with Crippen LogP contribution in [0.3, 0.4) is 0 Å². The fourth-order valence-corrected chi connectivity index (χ4v) is 1.82. The van der Waals surface area contributed by atoms with E-state index in [0.717, 1.165) is 11.3 Å². The van der Waals surface area contributed by atoms with E-state index in [-0.39, 0.29) is 17.6 Å². The summed E-state index contributed by atoms with van der Waals surface area (Å²) < 4.78 is 20.0. The Morgan fingerprint density at radius 1 is 1.44 bits per heavy atom.